The van der Waals surface area contributed by atoms with Gasteiger partial charge in [0.2, 0.25) is 6.41 Å². The largest absolute Gasteiger partial charge is 0.467 e. The highest BCUT2D eigenvalue weighted by Gasteiger charge is 2.20. The molecule has 6 heteroatoms. The molecule has 0 radical (unpaired) electrons. The molecule has 1 unspecified atom stereocenters. The van der Waals surface area contributed by atoms with Gasteiger partial charge in [-0.25, -0.2) is 4.79 Å². The minimum Gasteiger partial charge on any atom is -0.467 e. The predicted molar refractivity (Wildman–Crippen MR) is 92.4 cm³/mol. The van der Waals surface area contributed by atoms with Gasteiger partial charge >= 0.3 is 5.97 Å². The van der Waals surface area contributed by atoms with Crippen molar-refractivity contribution in [1.82, 2.24) is 5.32 Å². The Morgan fingerprint density at radius 1 is 1.04 bits per heavy atom. The van der Waals surface area contributed by atoms with Crippen LogP contribution in [0, 0.1) is 0 Å². The van der Waals surface area contributed by atoms with Crippen molar-refractivity contribution in [3.63, 3.8) is 0 Å². The number of esters is 1. The quantitative estimate of drug-likeness (QED) is 0.496. The first-order valence-electron chi connectivity index (χ1n) is 7.21. The van der Waals surface area contributed by atoms with E-state index in [0.29, 0.717) is 12.0 Å². The summed E-state index contributed by atoms with van der Waals surface area (Å²) in [6.07, 6.45) is 0.473. The lowest BCUT2D eigenvalue weighted by molar-refractivity contribution is -0.144. The average molecular weight is 343 g/mol. The van der Waals surface area contributed by atoms with Gasteiger partial charge in [-0.15, -0.1) is 0 Å². The second-order valence-electron chi connectivity index (χ2n) is 4.98. The summed E-state index contributed by atoms with van der Waals surface area (Å²) in [5.41, 5.74) is 2.60. The smallest absolute Gasteiger partial charge is 0.333 e. The van der Waals surface area contributed by atoms with Gasteiger partial charge in [0.25, 0.3) is 0 Å². The third-order valence-electron chi connectivity index (χ3n) is 3.36. The molecular formula is C18H17NO4S. The Labute approximate surface area is 144 Å². The number of ether oxygens (including phenoxy) is 1. The van der Waals surface area contributed by atoms with Crippen molar-refractivity contribution in [1.29, 1.82) is 0 Å². The third kappa shape index (κ3) is 4.45. The Hall–Kier alpha value is -2.60. The van der Waals surface area contributed by atoms with Crippen molar-refractivity contribution in [3.8, 4) is 11.1 Å². The maximum absolute atomic E-state index is 11.7. The zero-order valence-corrected chi connectivity index (χ0v) is 14.1. The maximum Gasteiger partial charge on any atom is 0.333 e. The molecule has 5 nitrogen and oxygen atoms in total. The fraction of sp³-hybridized carbons (Fsp3) is 0.167. The first-order valence-corrected chi connectivity index (χ1v) is 8.03. The van der Waals surface area contributed by atoms with Crippen LogP contribution >= 0.6 is 11.8 Å². The van der Waals surface area contributed by atoms with Crippen molar-refractivity contribution in [3.05, 3.63) is 54.1 Å². The number of thioether (sulfide) groups is 1. The summed E-state index contributed by atoms with van der Waals surface area (Å²) in [6.45, 7) is 1.53. The van der Waals surface area contributed by atoms with E-state index in [1.165, 1.54) is 25.8 Å². The van der Waals surface area contributed by atoms with Gasteiger partial charge in [-0.1, -0.05) is 48.2 Å². The second-order valence-corrected chi connectivity index (χ2v) is 6.23. The molecule has 0 aliphatic heterocycles. The van der Waals surface area contributed by atoms with E-state index in [9.17, 15) is 14.4 Å². The van der Waals surface area contributed by atoms with E-state index in [4.69, 9.17) is 0 Å². The minimum absolute atomic E-state index is 0.0450. The van der Waals surface area contributed by atoms with Crippen LogP contribution in [-0.2, 0) is 19.1 Å². The van der Waals surface area contributed by atoms with Crippen molar-refractivity contribution in [2.24, 2.45) is 0 Å². The number of benzene rings is 2. The number of carbonyl (C=O) groups excluding carboxylic acids is 3. The second kappa shape index (κ2) is 8.31. The molecule has 0 bridgehead atoms. The number of nitrogens with one attached hydrogen (secondary N) is 1. The molecular weight excluding hydrogens is 326 g/mol. The number of rotatable bonds is 6. The van der Waals surface area contributed by atoms with Crippen molar-refractivity contribution in [2.75, 3.05) is 7.11 Å². The van der Waals surface area contributed by atoms with E-state index in [1.807, 2.05) is 36.4 Å². The number of methoxy groups -OCH3 is 1. The van der Waals surface area contributed by atoms with E-state index >= 15 is 0 Å². The van der Waals surface area contributed by atoms with Crippen molar-refractivity contribution in [2.45, 2.75) is 17.9 Å². The summed E-state index contributed by atoms with van der Waals surface area (Å²) in [6, 6.07) is 14.1. The van der Waals surface area contributed by atoms with Crippen LogP contribution in [0.1, 0.15) is 18.5 Å². The minimum atomic E-state index is -0.823. The average Bonchev–Trinajstić information content (AvgIpc) is 2.59. The molecule has 24 heavy (non-hydrogen) atoms. The molecule has 124 valence electrons. The molecule has 0 aliphatic rings. The van der Waals surface area contributed by atoms with E-state index in [2.05, 4.69) is 10.1 Å². The summed E-state index contributed by atoms with van der Waals surface area (Å²) in [5.74, 6) is -0.527. The molecule has 2 aromatic rings. The van der Waals surface area contributed by atoms with E-state index in [0.717, 1.165) is 16.0 Å². The lowest BCUT2D eigenvalue weighted by Gasteiger charge is -2.14. The number of amides is 1. The lowest BCUT2D eigenvalue weighted by atomic mass is 10.0. The van der Waals surface area contributed by atoms with Crippen LogP contribution in [0.4, 0.5) is 0 Å². The van der Waals surface area contributed by atoms with Gasteiger partial charge in [0.05, 0.1) is 7.11 Å². The van der Waals surface area contributed by atoms with Crippen LogP contribution in [-0.4, -0.2) is 24.6 Å². The molecule has 0 saturated heterocycles. The number of hydrogen-bond donors (Lipinski definition) is 1. The number of hydrogen-bond acceptors (Lipinski definition) is 5. The zero-order chi connectivity index (χ0) is 17.5. The fourth-order valence-corrected chi connectivity index (χ4v) is 2.84. The molecule has 2 rings (SSSR count). The summed E-state index contributed by atoms with van der Waals surface area (Å²) >= 11 is 1.19. The fourth-order valence-electron chi connectivity index (χ4n) is 2.24. The van der Waals surface area contributed by atoms with Crippen LogP contribution in [0.2, 0.25) is 0 Å². The highest BCUT2D eigenvalue weighted by Crippen LogP contribution is 2.26. The molecule has 0 aliphatic carbocycles. The first kappa shape index (κ1) is 17.7. The Bertz CT molecular complexity index is 726. The topological polar surface area (TPSA) is 72.5 Å². The van der Waals surface area contributed by atoms with Gasteiger partial charge in [0, 0.05) is 11.8 Å². The Kier molecular flexibility index (Phi) is 6.14. The van der Waals surface area contributed by atoms with Crippen LogP contribution in [0.3, 0.4) is 0 Å². The Balaban J connectivity index is 2.20. The van der Waals surface area contributed by atoms with Gasteiger partial charge in [-0.05, 0) is 28.8 Å². The third-order valence-corrected chi connectivity index (χ3v) is 4.16. The molecule has 0 saturated carbocycles. The zero-order valence-electron chi connectivity index (χ0n) is 13.3. The Morgan fingerprint density at radius 2 is 1.58 bits per heavy atom. The molecule has 2 aromatic carbocycles. The number of carbonyl (C=O) groups is 3. The normalized spacial score (nSPS) is 11.4. The summed E-state index contributed by atoms with van der Waals surface area (Å²) in [4.78, 5) is 34.4. The SMILES string of the molecule is COC(=O)C(NC=O)c1ccc(-c2ccc(SC(C)=O)cc2)cc1. The molecule has 1 amide bonds. The summed E-state index contributed by atoms with van der Waals surface area (Å²) in [7, 11) is 1.27. The van der Waals surface area contributed by atoms with E-state index in [-0.39, 0.29) is 5.12 Å². The van der Waals surface area contributed by atoms with Crippen LogP contribution in [0.25, 0.3) is 11.1 Å². The first-order chi connectivity index (χ1) is 11.5. The monoisotopic (exact) mass is 343 g/mol. The highest BCUT2D eigenvalue weighted by molar-refractivity contribution is 8.13. The lowest BCUT2D eigenvalue weighted by Crippen LogP contribution is -2.28. The van der Waals surface area contributed by atoms with Crippen molar-refractivity contribution >= 4 is 29.3 Å². The maximum atomic E-state index is 11.7. The molecule has 0 fully saturated rings. The van der Waals surface area contributed by atoms with Gasteiger partial charge in [0.1, 0.15) is 0 Å². The van der Waals surface area contributed by atoms with Gasteiger partial charge in [-0.2, -0.15) is 0 Å². The summed E-state index contributed by atoms with van der Waals surface area (Å²) < 4.78 is 4.69. The molecule has 1 N–H and O–H groups in total. The van der Waals surface area contributed by atoms with Crippen LogP contribution in [0.5, 0.6) is 0 Å². The molecule has 0 heterocycles. The molecule has 0 spiro atoms. The van der Waals surface area contributed by atoms with Crippen LogP contribution < -0.4 is 5.32 Å². The highest BCUT2D eigenvalue weighted by atomic mass is 32.2. The van der Waals surface area contributed by atoms with Crippen molar-refractivity contribution < 1.29 is 19.1 Å². The standard InChI is InChI=1S/C18H17NO4S/c1-12(21)24-16-9-7-14(8-10-16)13-3-5-15(6-4-13)17(19-11-20)18(22)23-2/h3-11,17H,1-2H3,(H,19,20). The van der Waals surface area contributed by atoms with Gasteiger partial charge in [-0.3, -0.25) is 9.59 Å². The van der Waals surface area contributed by atoms with E-state index < -0.39 is 12.0 Å². The van der Waals surface area contributed by atoms with Gasteiger partial charge < -0.3 is 10.1 Å². The van der Waals surface area contributed by atoms with Crippen LogP contribution in [0.15, 0.2) is 53.4 Å². The van der Waals surface area contributed by atoms with E-state index in [1.54, 1.807) is 12.1 Å². The Morgan fingerprint density at radius 3 is 2.04 bits per heavy atom. The molecule has 1 atom stereocenters. The summed E-state index contributed by atoms with van der Waals surface area (Å²) in [5, 5.41) is 2.49. The predicted octanol–water partition coefficient (Wildman–Crippen LogP) is 2.95. The molecule has 0 aromatic heterocycles. The van der Waals surface area contributed by atoms with Gasteiger partial charge in [0.15, 0.2) is 11.2 Å².